The van der Waals surface area contributed by atoms with E-state index in [9.17, 15) is 20.5 Å². The van der Waals surface area contributed by atoms with E-state index in [0.717, 1.165) is 11.1 Å². The Balaban J connectivity index is 2.14. The van der Waals surface area contributed by atoms with Crippen molar-refractivity contribution in [1.29, 1.82) is 5.26 Å². The van der Waals surface area contributed by atoms with Crippen LogP contribution in [0.2, 0.25) is 0 Å². The maximum Gasteiger partial charge on any atom is 0.271 e. The maximum absolute atomic E-state index is 11.0. The summed E-state index contributed by atoms with van der Waals surface area (Å²) in [7, 11) is 0. The van der Waals surface area contributed by atoms with Gasteiger partial charge in [-0.3, -0.25) is 10.1 Å². The number of rotatable bonds is 3. The second kappa shape index (κ2) is 6.37. The number of benzene rings is 2. The third-order valence-electron chi connectivity index (χ3n) is 3.60. The van der Waals surface area contributed by atoms with Crippen molar-refractivity contribution in [2.45, 2.75) is 6.92 Å². The molecule has 2 aromatic carbocycles. The van der Waals surface area contributed by atoms with Gasteiger partial charge in [-0.1, -0.05) is 6.07 Å². The zero-order valence-electron chi connectivity index (χ0n) is 12.9. The number of aromatic nitrogens is 2. The van der Waals surface area contributed by atoms with E-state index in [0.29, 0.717) is 11.3 Å². The van der Waals surface area contributed by atoms with Crippen LogP contribution in [0.4, 0.5) is 5.69 Å². The molecule has 8 heteroatoms. The van der Waals surface area contributed by atoms with Crippen molar-refractivity contribution in [3.05, 3.63) is 61.9 Å². The second-order valence-electron chi connectivity index (χ2n) is 5.40. The molecule has 0 atom stereocenters. The summed E-state index contributed by atoms with van der Waals surface area (Å²) in [5, 5.41) is 30.6. The third kappa shape index (κ3) is 3.22. The van der Waals surface area contributed by atoms with Crippen molar-refractivity contribution in [2.24, 2.45) is 0 Å². The van der Waals surface area contributed by atoms with Gasteiger partial charge < -0.3 is 10.1 Å². The number of nitriles is 1. The van der Waals surface area contributed by atoms with Crippen LogP contribution in [0.25, 0.3) is 22.7 Å². The average Bonchev–Trinajstić information content (AvgIpc) is 2.98. The van der Waals surface area contributed by atoms with Crippen LogP contribution in [0.3, 0.4) is 0 Å². The van der Waals surface area contributed by atoms with Gasteiger partial charge in [0.1, 0.15) is 17.6 Å². The summed E-state index contributed by atoms with van der Waals surface area (Å²) in [6.45, 7) is 1.94. The fourth-order valence-corrected chi connectivity index (χ4v) is 2.84. The average molecular weight is 399 g/mol. The zero-order valence-corrected chi connectivity index (χ0v) is 14.5. The van der Waals surface area contributed by atoms with Crippen molar-refractivity contribution < 1.29 is 10.0 Å². The Morgan fingerprint density at radius 1 is 1.44 bits per heavy atom. The van der Waals surface area contributed by atoms with Gasteiger partial charge in [0.25, 0.3) is 5.69 Å². The van der Waals surface area contributed by atoms with Gasteiger partial charge in [0, 0.05) is 17.7 Å². The SMILES string of the molecule is Cc1ccc2nc(/C(C#N)=C\c3cc([N+](=O)[O-])cc(Br)c3O)[nH]c2c1. The van der Waals surface area contributed by atoms with E-state index >= 15 is 0 Å². The Morgan fingerprint density at radius 3 is 2.88 bits per heavy atom. The van der Waals surface area contributed by atoms with Gasteiger partial charge in [-0.25, -0.2) is 4.98 Å². The normalized spacial score (nSPS) is 11.5. The van der Waals surface area contributed by atoms with Crippen molar-refractivity contribution >= 4 is 44.3 Å². The largest absolute Gasteiger partial charge is 0.506 e. The van der Waals surface area contributed by atoms with Crippen LogP contribution in [0.5, 0.6) is 5.75 Å². The Bertz CT molecular complexity index is 1080. The highest BCUT2D eigenvalue weighted by Crippen LogP contribution is 2.34. The number of nitro benzene ring substituents is 1. The number of hydrogen-bond acceptors (Lipinski definition) is 5. The number of nitrogens with one attached hydrogen (secondary N) is 1. The number of fused-ring (bicyclic) bond motifs is 1. The van der Waals surface area contributed by atoms with E-state index < -0.39 is 4.92 Å². The second-order valence-corrected chi connectivity index (χ2v) is 6.25. The summed E-state index contributed by atoms with van der Waals surface area (Å²) in [5.41, 5.74) is 2.62. The number of non-ortho nitro benzene ring substituents is 1. The highest BCUT2D eigenvalue weighted by Gasteiger charge is 2.15. The summed E-state index contributed by atoms with van der Waals surface area (Å²) in [6, 6.07) is 10.1. The minimum Gasteiger partial charge on any atom is -0.506 e. The first-order chi connectivity index (χ1) is 11.9. The van der Waals surface area contributed by atoms with Gasteiger partial charge >= 0.3 is 0 Å². The Kier molecular flexibility index (Phi) is 4.25. The molecule has 124 valence electrons. The fraction of sp³-hybridized carbons (Fsp3) is 0.0588. The number of phenolic OH excluding ortho intramolecular Hbond substituents is 1. The van der Waals surface area contributed by atoms with Gasteiger partial charge in [-0.05, 0) is 46.6 Å². The number of allylic oxidation sites excluding steroid dienone is 1. The van der Waals surface area contributed by atoms with E-state index in [1.165, 1.54) is 18.2 Å². The van der Waals surface area contributed by atoms with E-state index in [4.69, 9.17) is 0 Å². The highest BCUT2D eigenvalue weighted by molar-refractivity contribution is 9.10. The number of aromatic amines is 1. The lowest BCUT2D eigenvalue weighted by Gasteiger charge is -2.03. The molecular weight excluding hydrogens is 388 g/mol. The van der Waals surface area contributed by atoms with Crippen LogP contribution in [-0.4, -0.2) is 20.0 Å². The molecule has 0 saturated heterocycles. The molecule has 0 amide bonds. The quantitative estimate of drug-likeness (QED) is 0.387. The third-order valence-corrected chi connectivity index (χ3v) is 4.21. The molecule has 0 aliphatic rings. The fourth-order valence-electron chi connectivity index (χ4n) is 2.38. The van der Waals surface area contributed by atoms with E-state index in [2.05, 4.69) is 25.9 Å². The molecule has 7 nitrogen and oxygen atoms in total. The highest BCUT2D eigenvalue weighted by atomic mass is 79.9. The Labute approximate surface area is 150 Å². The van der Waals surface area contributed by atoms with Crippen LogP contribution in [0.15, 0.2) is 34.8 Å². The molecule has 0 saturated carbocycles. The summed E-state index contributed by atoms with van der Waals surface area (Å²) in [5.74, 6) is 0.135. The van der Waals surface area contributed by atoms with E-state index in [1.807, 2.05) is 31.2 Å². The molecule has 25 heavy (non-hydrogen) atoms. The number of aromatic hydroxyl groups is 1. The standard InChI is InChI=1S/C17H11BrN4O3/c1-9-2-3-14-15(4-9)21-17(20-14)11(8-19)5-10-6-12(22(24)25)7-13(18)16(10)23/h2-7,23H,1H3,(H,20,21)/b11-5-. The van der Waals surface area contributed by atoms with Crippen molar-refractivity contribution in [3.8, 4) is 11.8 Å². The summed E-state index contributed by atoms with van der Waals surface area (Å²) in [6.07, 6.45) is 1.36. The van der Waals surface area contributed by atoms with Crippen LogP contribution in [0.1, 0.15) is 17.0 Å². The summed E-state index contributed by atoms with van der Waals surface area (Å²) >= 11 is 3.08. The molecule has 0 bridgehead atoms. The molecule has 0 unspecified atom stereocenters. The first-order valence-corrected chi connectivity index (χ1v) is 7.94. The molecule has 2 N–H and O–H groups in total. The predicted molar refractivity (Wildman–Crippen MR) is 96.8 cm³/mol. The van der Waals surface area contributed by atoms with Gasteiger partial charge in [0.05, 0.1) is 26.0 Å². The smallest absolute Gasteiger partial charge is 0.271 e. The lowest BCUT2D eigenvalue weighted by Crippen LogP contribution is -1.91. The molecule has 0 aliphatic heterocycles. The molecule has 0 spiro atoms. The number of phenols is 1. The summed E-state index contributed by atoms with van der Waals surface area (Å²) in [4.78, 5) is 17.8. The topological polar surface area (TPSA) is 116 Å². The Morgan fingerprint density at radius 2 is 2.20 bits per heavy atom. The van der Waals surface area contributed by atoms with Gasteiger partial charge in [0.2, 0.25) is 0 Å². The molecule has 3 rings (SSSR count). The maximum atomic E-state index is 11.0. The van der Waals surface area contributed by atoms with Crippen LogP contribution in [0, 0.1) is 28.4 Å². The number of aryl methyl sites for hydroxylation is 1. The van der Waals surface area contributed by atoms with Gasteiger partial charge in [0.15, 0.2) is 0 Å². The van der Waals surface area contributed by atoms with Crippen LogP contribution >= 0.6 is 15.9 Å². The molecule has 0 radical (unpaired) electrons. The first-order valence-electron chi connectivity index (χ1n) is 7.14. The monoisotopic (exact) mass is 398 g/mol. The van der Waals surface area contributed by atoms with Crippen molar-refractivity contribution in [3.63, 3.8) is 0 Å². The minimum absolute atomic E-state index is 0.147. The number of H-pyrrole nitrogens is 1. The molecule has 1 heterocycles. The van der Waals surface area contributed by atoms with Crippen molar-refractivity contribution in [1.82, 2.24) is 9.97 Å². The summed E-state index contributed by atoms with van der Waals surface area (Å²) < 4.78 is 0.172. The van der Waals surface area contributed by atoms with E-state index in [-0.39, 0.29) is 27.0 Å². The van der Waals surface area contributed by atoms with Crippen molar-refractivity contribution in [2.75, 3.05) is 0 Å². The molecular formula is C17H11BrN4O3. The van der Waals surface area contributed by atoms with Crippen LogP contribution < -0.4 is 0 Å². The number of nitro groups is 1. The van der Waals surface area contributed by atoms with Gasteiger partial charge in [-0.2, -0.15) is 5.26 Å². The molecule has 0 aliphatic carbocycles. The number of imidazole rings is 1. The number of halogens is 1. The number of nitrogens with zero attached hydrogens (tertiary/aromatic N) is 3. The minimum atomic E-state index is -0.572. The van der Waals surface area contributed by atoms with Crippen LogP contribution in [-0.2, 0) is 0 Å². The Hall–Kier alpha value is -3.18. The molecule has 0 fully saturated rings. The predicted octanol–water partition coefficient (Wildman–Crippen LogP) is 4.31. The lowest BCUT2D eigenvalue weighted by atomic mass is 10.1. The molecule has 1 aromatic heterocycles. The zero-order chi connectivity index (χ0) is 18.1. The lowest BCUT2D eigenvalue weighted by molar-refractivity contribution is -0.385. The van der Waals surface area contributed by atoms with E-state index in [1.54, 1.807) is 0 Å². The van der Waals surface area contributed by atoms with Gasteiger partial charge in [-0.15, -0.1) is 0 Å². The molecule has 3 aromatic rings. The number of hydrogen-bond donors (Lipinski definition) is 2. The first kappa shape index (κ1) is 16.7.